The minimum atomic E-state index is -2.90. The Balaban J connectivity index is 1.28. The van der Waals surface area contributed by atoms with Crippen molar-refractivity contribution in [1.29, 1.82) is 0 Å². The normalized spacial score (nSPS) is 21.5. The zero-order chi connectivity index (χ0) is 27.4. The van der Waals surface area contributed by atoms with Crippen molar-refractivity contribution in [2.24, 2.45) is 5.92 Å². The van der Waals surface area contributed by atoms with Crippen LogP contribution in [0, 0.1) is 12.8 Å². The molecule has 10 nitrogen and oxygen atoms in total. The van der Waals surface area contributed by atoms with Gasteiger partial charge in [-0.2, -0.15) is 5.10 Å². The summed E-state index contributed by atoms with van der Waals surface area (Å²) in [7, 11) is 1.59. The van der Waals surface area contributed by atoms with Crippen LogP contribution in [-0.4, -0.2) is 80.1 Å². The Bertz CT molecular complexity index is 1410. The molecule has 39 heavy (non-hydrogen) atoms. The van der Waals surface area contributed by atoms with Crippen molar-refractivity contribution in [3.8, 4) is 16.9 Å². The molecule has 1 aromatic carbocycles. The second-order valence-electron chi connectivity index (χ2n) is 10.5. The number of carbonyl (C=O) groups excluding carboxylic acids is 2. The maximum Gasteiger partial charge on any atom is 0.327 e. The van der Waals surface area contributed by atoms with E-state index in [-0.39, 0.29) is 12.5 Å². The number of likely N-dealkylation sites (tertiary alicyclic amines) is 1. The highest BCUT2D eigenvalue weighted by molar-refractivity contribution is 5.94. The third kappa shape index (κ3) is 4.47. The Labute approximate surface area is 224 Å². The van der Waals surface area contributed by atoms with Gasteiger partial charge in [0.05, 0.1) is 31.1 Å². The van der Waals surface area contributed by atoms with E-state index in [1.54, 1.807) is 30.6 Å². The number of aromatic nitrogens is 4. The lowest BCUT2D eigenvalue weighted by Crippen LogP contribution is -2.55. The van der Waals surface area contributed by atoms with Gasteiger partial charge in [-0.05, 0) is 37.5 Å². The number of rotatable bonds is 6. The van der Waals surface area contributed by atoms with Crippen molar-refractivity contribution in [2.75, 3.05) is 31.6 Å². The molecule has 2 aromatic heterocycles. The fourth-order valence-corrected chi connectivity index (χ4v) is 5.68. The Kier molecular flexibility index (Phi) is 6.00. The number of hydrogen-bond acceptors (Lipinski definition) is 6. The standard InChI is InChI=1S/C27H29F2N7O3/c1-17-21(19-12-31-32-13-19)14-30-24(33-17)35-16-26(6-8-34(9-7-26)23(37)22-11-27(22,28)29)36(25(35)38)15-18-4-3-5-20(10-18)39-2/h3-5,10,12-14,22H,6-9,11,15-16H2,1-2H3,(H,31,32)/t22-/m0/s1. The topological polar surface area (TPSA) is 108 Å². The molecule has 3 amide bonds. The van der Waals surface area contributed by atoms with E-state index in [1.807, 2.05) is 36.1 Å². The molecule has 3 aromatic rings. The van der Waals surface area contributed by atoms with E-state index in [0.29, 0.717) is 56.4 Å². The SMILES string of the molecule is COc1cccc(CN2C(=O)N(c3ncc(-c4cn[nH]c4)c(C)n3)CC23CCN(C(=O)[C@@H]2CC2(F)F)CC3)c1. The number of nitrogens with one attached hydrogen (secondary N) is 1. The molecule has 4 heterocycles. The number of urea groups is 1. The first-order chi connectivity index (χ1) is 18.7. The number of aryl methyl sites for hydroxylation is 1. The molecule has 1 saturated carbocycles. The van der Waals surface area contributed by atoms with Crippen LogP contribution < -0.4 is 9.64 Å². The molecule has 6 rings (SSSR count). The fourth-order valence-electron chi connectivity index (χ4n) is 5.68. The molecule has 204 valence electrons. The van der Waals surface area contributed by atoms with Gasteiger partial charge in [0, 0.05) is 49.6 Å². The Morgan fingerprint density at radius 2 is 2.00 bits per heavy atom. The number of aromatic amines is 1. The van der Waals surface area contributed by atoms with Crippen molar-refractivity contribution in [2.45, 2.75) is 44.2 Å². The highest BCUT2D eigenvalue weighted by Crippen LogP contribution is 2.50. The number of benzene rings is 1. The maximum atomic E-state index is 13.9. The van der Waals surface area contributed by atoms with E-state index in [9.17, 15) is 18.4 Å². The molecular formula is C27H29F2N7O3. The van der Waals surface area contributed by atoms with Gasteiger partial charge in [-0.1, -0.05) is 12.1 Å². The fraction of sp³-hybridized carbons (Fsp3) is 0.444. The molecule has 0 unspecified atom stereocenters. The average molecular weight is 538 g/mol. The molecule has 2 saturated heterocycles. The molecule has 1 atom stereocenters. The van der Waals surface area contributed by atoms with E-state index in [1.165, 1.54) is 4.90 Å². The number of H-pyrrole nitrogens is 1. The first-order valence-electron chi connectivity index (χ1n) is 12.9. The molecule has 12 heteroatoms. The number of carbonyl (C=O) groups is 2. The first kappa shape index (κ1) is 25.2. The number of methoxy groups -OCH3 is 1. The molecule has 1 aliphatic carbocycles. The van der Waals surface area contributed by atoms with Crippen LogP contribution in [0.2, 0.25) is 0 Å². The van der Waals surface area contributed by atoms with Crippen LogP contribution >= 0.6 is 0 Å². The zero-order valence-electron chi connectivity index (χ0n) is 21.7. The average Bonchev–Trinajstić information content (AvgIpc) is 3.23. The van der Waals surface area contributed by atoms with E-state index < -0.39 is 23.3 Å². The number of amides is 3. The molecule has 0 radical (unpaired) electrons. The number of anilines is 1. The van der Waals surface area contributed by atoms with Crippen molar-refractivity contribution >= 4 is 17.9 Å². The van der Waals surface area contributed by atoms with E-state index in [4.69, 9.17) is 4.74 Å². The molecule has 3 aliphatic rings. The number of ether oxygens (including phenoxy) is 1. The summed E-state index contributed by atoms with van der Waals surface area (Å²) in [6.07, 6.45) is 5.68. The zero-order valence-corrected chi connectivity index (χ0v) is 21.7. The summed E-state index contributed by atoms with van der Waals surface area (Å²) in [5, 5.41) is 6.76. The summed E-state index contributed by atoms with van der Waals surface area (Å²) >= 11 is 0. The lowest BCUT2D eigenvalue weighted by Gasteiger charge is -2.43. The largest absolute Gasteiger partial charge is 0.497 e. The lowest BCUT2D eigenvalue weighted by molar-refractivity contribution is -0.137. The van der Waals surface area contributed by atoms with Crippen molar-refractivity contribution < 1.29 is 23.1 Å². The highest BCUT2D eigenvalue weighted by atomic mass is 19.3. The van der Waals surface area contributed by atoms with Gasteiger partial charge in [-0.25, -0.2) is 23.5 Å². The summed E-state index contributed by atoms with van der Waals surface area (Å²) in [6, 6.07) is 7.30. The summed E-state index contributed by atoms with van der Waals surface area (Å²) in [6.45, 7) is 3.13. The van der Waals surface area contributed by atoms with Crippen molar-refractivity contribution in [3.05, 3.63) is 54.1 Å². The first-order valence-corrected chi connectivity index (χ1v) is 12.9. The van der Waals surface area contributed by atoms with Crippen LogP contribution in [0.15, 0.2) is 42.9 Å². The molecule has 3 fully saturated rings. The Morgan fingerprint density at radius 3 is 2.64 bits per heavy atom. The summed E-state index contributed by atoms with van der Waals surface area (Å²) in [5.41, 5.74) is 2.66. The van der Waals surface area contributed by atoms with Gasteiger partial charge in [0.25, 0.3) is 5.92 Å². The van der Waals surface area contributed by atoms with Crippen LogP contribution in [0.4, 0.5) is 19.5 Å². The number of nitrogens with zero attached hydrogens (tertiary/aromatic N) is 6. The summed E-state index contributed by atoms with van der Waals surface area (Å²) in [5.74, 6) is -3.63. The lowest BCUT2D eigenvalue weighted by atomic mass is 9.86. The smallest absolute Gasteiger partial charge is 0.327 e. The van der Waals surface area contributed by atoms with Crippen LogP contribution in [0.25, 0.3) is 11.1 Å². The van der Waals surface area contributed by atoms with Gasteiger partial charge < -0.3 is 14.5 Å². The number of alkyl halides is 2. The summed E-state index contributed by atoms with van der Waals surface area (Å²) in [4.78, 5) is 40.7. The van der Waals surface area contributed by atoms with E-state index >= 15 is 0 Å². The minimum Gasteiger partial charge on any atom is -0.497 e. The third-order valence-electron chi connectivity index (χ3n) is 8.11. The highest BCUT2D eigenvalue weighted by Gasteiger charge is 2.63. The van der Waals surface area contributed by atoms with E-state index in [2.05, 4.69) is 20.2 Å². The molecule has 0 bridgehead atoms. The van der Waals surface area contributed by atoms with Gasteiger partial charge in [0.2, 0.25) is 11.9 Å². The number of halogens is 2. The number of piperidine rings is 1. The van der Waals surface area contributed by atoms with Crippen molar-refractivity contribution in [3.63, 3.8) is 0 Å². The van der Waals surface area contributed by atoms with E-state index in [0.717, 1.165) is 16.7 Å². The number of hydrogen-bond donors (Lipinski definition) is 1. The molecule has 2 aliphatic heterocycles. The van der Waals surface area contributed by atoms with Crippen LogP contribution in [0.1, 0.15) is 30.5 Å². The van der Waals surface area contributed by atoms with Crippen LogP contribution in [0.5, 0.6) is 5.75 Å². The Hall–Kier alpha value is -4.09. The molecular weight excluding hydrogens is 508 g/mol. The van der Waals surface area contributed by atoms with Gasteiger partial charge in [0.1, 0.15) is 11.7 Å². The minimum absolute atomic E-state index is 0.234. The maximum absolute atomic E-state index is 13.9. The van der Waals surface area contributed by atoms with Gasteiger partial charge in [-0.15, -0.1) is 0 Å². The van der Waals surface area contributed by atoms with Gasteiger partial charge >= 0.3 is 6.03 Å². The van der Waals surface area contributed by atoms with Gasteiger partial charge in [0.15, 0.2) is 0 Å². The monoisotopic (exact) mass is 537 g/mol. The predicted molar refractivity (Wildman–Crippen MR) is 137 cm³/mol. The van der Waals surface area contributed by atoms with Gasteiger partial charge in [-0.3, -0.25) is 14.8 Å². The Morgan fingerprint density at radius 1 is 1.23 bits per heavy atom. The second kappa shape index (κ2) is 9.28. The predicted octanol–water partition coefficient (Wildman–Crippen LogP) is 3.64. The molecule has 1 spiro atoms. The van der Waals surface area contributed by atoms with Crippen molar-refractivity contribution in [1.82, 2.24) is 30.0 Å². The van der Waals surface area contributed by atoms with Crippen LogP contribution in [-0.2, 0) is 11.3 Å². The summed E-state index contributed by atoms with van der Waals surface area (Å²) < 4.78 is 32.5. The molecule has 1 N–H and O–H groups in total. The quantitative estimate of drug-likeness (QED) is 0.515. The third-order valence-corrected chi connectivity index (χ3v) is 8.11. The van der Waals surface area contributed by atoms with Crippen LogP contribution in [0.3, 0.4) is 0 Å². The second-order valence-corrected chi connectivity index (χ2v) is 10.5.